The van der Waals surface area contributed by atoms with Gasteiger partial charge in [-0.2, -0.15) is 0 Å². The van der Waals surface area contributed by atoms with Crippen molar-refractivity contribution in [1.29, 1.82) is 0 Å². The first-order valence-corrected chi connectivity index (χ1v) is 5.76. The summed E-state index contributed by atoms with van der Waals surface area (Å²) in [5.74, 6) is 1.82. The molecule has 1 rings (SSSR count). The van der Waals surface area contributed by atoms with Crippen molar-refractivity contribution < 1.29 is 9.18 Å². The Balaban J connectivity index is 2.46. The van der Waals surface area contributed by atoms with Gasteiger partial charge in [-0.15, -0.1) is 12.3 Å². The number of carbonyl (C=O) groups is 1. The molecule has 18 heavy (non-hydrogen) atoms. The fourth-order valence-corrected chi connectivity index (χ4v) is 1.59. The Labute approximate surface area is 107 Å². The van der Waals surface area contributed by atoms with Crippen LogP contribution in [0.2, 0.25) is 0 Å². The second kappa shape index (κ2) is 6.77. The maximum absolute atomic E-state index is 12.7. The lowest BCUT2D eigenvalue weighted by Crippen LogP contribution is -2.44. The van der Waals surface area contributed by atoms with Crippen molar-refractivity contribution in [3.63, 3.8) is 0 Å². The fourth-order valence-electron chi connectivity index (χ4n) is 1.59. The molecule has 0 aromatic heterocycles. The summed E-state index contributed by atoms with van der Waals surface area (Å²) in [6, 6.07) is 5.43. The number of nitrogens with one attached hydrogen (secondary N) is 1. The number of terminal acetylenes is 1. The van der Waals surface area contributed by atoms with Gasteiger partial charge in [0.05, 0.1) is 6.04 Å². The number of benzene rings is 1. The summed E-state index contributed by atoms with van der Waals surface area (Å²) in [6.07, 6.45) is 5.93. The number of hydrogen-bond donors (Lipinski definition) is 2. The van der Waals surface area contributed by atoms with Gasteiger partial charge in [-0.3, -0.25) is 4.79 Å². The van der Waals surface area contributed by atoms with Crippen molar-refractivity contribution in [2.75, 3.05) is 0 Å². The van der Waals surface area contributed by atoms with Gasteiger partial charge in [0.25, 0.3) is 0 Å². The number of amides is 1. The zero-order valence-electron chi connectivity index (χ0n) is 10.3. The van der Waals surface area contributed by atoms with Crippen LogP contribution in [0.25, 0.3) is 0 Å². The monoisotopic (exact) mass is 248 g/mol. The Morgan fingerprint density at radius 1 is 1.50 bits per heavy atom. The van der Waals surface area contributed by atoms with Gasteiger partial charge in [0.1, 0.15) is 5.82 Å². The topological polar surface area (TPSA) is 55.1 Å². The molecule has 0 saturated heterocycles. The number of halogens is 1. The van der Waals surface area contributed by atoms with E-state index in [1.807, 2.05) is 6.92 Å². The summed E-state index contributed by atoms with van der Waals surface area (Å²) in [6.45, 7) is 1.86. The minimum Gasteiger partial charge on any atom is -0.352 e. The van der Waals surface area contributed by atoms with Crippen molar-refractivity contribution in [2.24, 2.45) is 5.73 Å². The maximum atomic E-state index is 12.7. The Bertz CT molecular complexity index is 436. The Hall–Kier alpha value is -1.86. The van der Waals surface area contributed by atoms with Gasteiger partial charge in [-0.1, -0.05) is 12.1 Å². The lowest BCUT2D eigenvalue weighted by molar-refractivity contribution is -0.122. The van der Waals surface area contributed by atoms with Gasteiger partial charge in [-0.25, -0.2) is 4.39 Å². The third-order valence-electron chi connectivity index (χ3n) is 2.52. The van der Waals surface area contributed by atoms with Gasteiger partial charge in [0.15, 0.2) is 0 Å². The Morgan fingerprint density at radius 2 is 2.11 bits per heavy atom. The summed E-state index contributed by atoms with van der Waals surface area (Å²) >= 11 is 0. The molecule has 0 bridgehead atoms. The second-order valence-electron chi connectivity index (χ2n) is 4.25. The van der Waals surface area contributed by atoms with E-state index in [1.54, 1.807) is 12.1 Å². The normalized spacial score (nSPS) is 13.4. The highest BCUT2D eigenvalue weighted by molar-refractivity contribution is 5.82. The molecule has 1 aromatic carbocycles. The molecule has 0 aliphatic carbocycles. The van der Waals surface area contributed by atoms with Crippen molar-refractivity contribution in [2.45, 2.75) is 31.8 Å². The molecule has 0 saturated carbocycles. The molecule has 3 nitrogen and oxygen atoms in total. The van der Waals surface area contributed by atoms with E-state index < -0.39 is 6.04 Å². The molecule has 0 aliphatic heterocycles. The molecule has 2 unspecified atom stereocenters. The number of nitrogens with two attached hydrogens (primary N) is 1. The smallest absolute Gasteiger partial charge is 0.238 e. The summed E-state index contributed by atoms with van der Waals surface area (Å²) in [7, 11) is 0. The molecule has 0 spiro atoms. The van der Waals surface area contributed by atoms with Crippen molar-refractivity contribution in [3.05, 3.63) is 35.6 Å². The predicted molar refractivity (Wildman–Crippen MR) is 69.1 cm³/mol. The molecule has 0 heterocycles. The van der Waals surface area contributed by atoms with E-state index in [-0.39, 0.29) is 24.2 Å². The van der Waals surface area contributed by atoms with Crippen LogP contribution < -0.4 is 11.1 Å². The summed E-state index contributed by atoms with van der Waals surface area (Å²) in [4.78, 5) is 11.6. The minimum atomic E-state index is -0.675. The van der Waals surface area contributed by atoms with Gasteiger partial charge >= 0.3 is 0 Å². The molecule has 96 valence electrons. The number of rotatable bonds is 5. The second-order valence-corrected chi connectivity index (χ2v) is 4.25. The van der Waals surface area contributed by atoms with Crippen molar-refractivity contribution in [1.82, 2.24) is 5.32 Å². The van der Waals surface area contributed by atoms with Gasteiger partial charge < -0.3 is 11.1 Å². The SMILES string of the molecule is C#CCC(N)C(=O)NC(C)Cc1ccc(F)cc1. The van der Waals surface area contributed by atoms with E-state index in [2.05, 4.69) is 11.2 Å². The maximum Gasteiger partial charge on any atom is 0.238 e. The number of hydrogen-bond acceptors (Lipinski definition) is 2. The molecule has 0 aliphatic rings. The van der Waals surface area contributed by atoms with Crippen LogP contribution in [0, 0.1) is 18.2 Å². The average Bonchev–Trinajstić information content (AvgIpc) is 2.32. The molecule has 2 atom stereocenters. The molecular weight excluding hydrogens is 231 g/mol. The van der Waals surface area contributed by atoms with Crippen molar-refractivity contribution >= 4 is 5.91 Å². The van der Waals surface area contributed by atoms with Gasteiger partial charge in [0.2, 0.25) is 5.91 Å². The van der Waals surface area contributed by atoms with Crippen LogP contribution in [0.3, 0.4) is 0 Å². The van der Waals surface area contributed by atoms with Crippen molar-refractivity contribution in [3.8, 4) is 12.3 Å². The lowest BCUT2D eigenvalue weighted by Gasteiger charge is -2.16. The van der Waals surface area contributed by atoms with E-state index in [4.69, 9.17) is 12.2 Å². The van der Waals surface area contributed by atoms with Crippen LogP contribution in [-0.2, 0) is 11.2 Å². The van der Waals surface area contributed by atoms with Crippen LogP contribution in [0.5, 0.6) is 0 Å². The van der Waals surface area contributed by atoms with Crippen LogP contribution in [-0.4, -0.2) is 18.0 Å². The largest absolute Gasteiger partial charge is 0.352 e. The molecule has 3 N–H and O–H groups in total. The molecule has 1 aromatic rings. The first-order valence-electron chi connectivity index (χ1n) is 5.76. The van der Waals surface area contributed by atoms with E-state index >= 15 is 0 Å². The van der Waals surface area contributed by atoms with E-state index in [0.29, 0.717) is 6.42 Å². The van der Waals surface area contributed by atoms with E-state index in [0.717, 1.165) is 5.56 Å². The third kappa shape index (κ3) is 4.56. The third-order valence-corrected chi connectivity index (χ3v) is 2.52. The summed E-state index contributed by atoms with van der Waals surface area (Å²) in [5.41, 5.74) is 6.54. The molecule has 4 heteroatoms. The zero-order valence-corrected chi connectivity index (χ0v) is 10.3. The fraction of sp³-hybridized carbons (Fsp3) is 0.357. The van der Waals surface area contributed by atoms with E-state index in [9.17, 15) is 9.18 Å². The molecule has 1 amide bonds. The predicted octanol–water partition coefficient (Wildman–Crippen LogP) is 1.22. The lowest BCUT2D eigenvalue weighted by atomic mass is 10.1. The minimum absolute atomic E-state index is 0.0771. The summed E-state index contributed by atoms with van der Waals surface area (Å²) < 4.78 is 12.7. The van der Waals surface area contributed by atoms with E-state index in [1.165, 1.54) is 12.1 Å². The Morgan fingerprint density at radius 3 is 2.67 bits per heavy atom. The van der Waals surface area contributed by atoms with Gasteiger partial charge in [0, 0.05) is 12.5 Å². The van der Waals surface area contributed by atoms with Crippen LogP contribution in [0.4, 0.5) is 4.39 Å². The van der Waals surface area contributed by atoms with Crippen LogP contribution >= 0.6 is 0 Å². The highest BCUT2D eigenvalue weighted by Crippen LogP contribution is 2.05. The Kier molecular flexibility index (Phi) is 5.34. The standard InChI is InChI=1S/C14H17FN2O/c1-3-4-13(16)14(18)17-10(2)9-11-5-7-12(15)8-6-11/h1,5-8,10,13H,4,9,16H2,2H3,(H,17,18). The van der Waals surface area contributed by atoms with Crippen LogP contribution in [0.1, 0.15) is 18.9 Å². The van der Waals surface area contributed by atoms with Crippen LogP contribution in [0.15, 0.2) is 24.3 Å². The summed E-state index contributed by atoms with van der Waals surface area (Å²) in [5, 5.41) is 2.77. The first-order chi connectivity index (χ1) is 8.52. The quantitative estimate of drug-likeness (QED) is 0.770. The number of carbonyl (C=O) groups excluding carboxylic acids is 1. The molecular formula is C14H17FN2O. The van der Waals surface area contributed by atoms with Gasteiger partial charge in [-0.05, 0) is 31.0 Å². The molecule has 0 radical (unpaired) electrons. The molecule has 0 fully saturated rings. The average molecular weight is 248 g/mol. The zero-order chi connectivity index (χ0) is 13.5. The first kappa shape index (κ1) is 14.2. The highest BCUT2D eigenvalue weighted by Gasteiger charge is 2.14. The highest BCUT2D eigenvalue weighted by atomic mass is 19.1.